The Bertz CT molecular complexity index is 1460. The fraction of sp³-hybridized carbons (Fsp3) is 0.312. The van der Waals surface area contributed by atoms with Gasteiger partial charge in [0.25, 0.3) is 0 Å². The van der Waals surface area contributed by atoms with Crippen LogP contribution >= 0.6 is 0 Å². The molecule has 1 saturated carbocycles. The van der Waals surface area contributed by atoms with Crippen molar-refractivity contribution in [1.29, 1.82) is 0 Å². The molecule has 1 heterocycles. The number of carbonyl (C=O) groups is 2. The number of anilines is 2. The van der Waals surface area contributed by atoms with Gasteiger partial charge in [0.05, 0.1) is 11.4 Å². The van der Waals surface area contributed by atoms with Gasteiger partial charge in [-0.05, 0) is 56.4 Å². The Hall–Kier alpha value is -4.26. The third-order valence-corrected chi connectivity index (χ3v) is 7.49. The average Bonchev–Trinajstić information content (AvgIpc) is 2.97. The predicted molar refractivity (Wildman–Crippen MR) is 156 cm³/mol. The molecule has 1 fully saturated rings. The van der Waals surface area contributed by atoms with Gasteiger partial charge in [0, 0.05) is 42.7 Å². The first kappa shape index (κ1) is 26.4. The third kappa shape index (κ3) is 6.08. The van der Waals surface area contributed by atoms with Crippen molar-refractivity contribution < 1.29 is 9.59 Å². The maximum Gasteiger partial charge on any atom is 0.227 e. The first-order valence-corrected chi connectivity index (χ1v) is 13.6. The molecule has 0 unspecified atom stereocenters. The summed E-state index contributed by atoms with van der Waals surface area (Å²) in [5, 5.41) is 7.80. The molecular weight excluding hydrogens is 486 g/mol. The van der Waals surface area contributed by atoms with E-state index in [2.05, 4.69) is 10.6 Å². The van der Waals surface area contributed by atoms with E-state index in [0.717, 1.165) is 48.0 Å². The number of ketones is 1. The van der Waals surface area contributed by atoms with Crippen molar-refractivity contribution >= 4 is 34.4 Å². The number of benzene rings is 3. The Kier molecular flexibility index (Phi) is 7.87. The molecule has 5 rings (SSSR count). The third-order valence-electron chi connectivity index (χ3n) is 7.49. The molecular formula is C32H35N5O2. The van der Waals surface area contributed by atoms with Crippen LogP contribution in [0, 0.1) is 0 Å². The number of para-hydroxylation sites is 1. The van der Waals surface area contributed by atoms with Gasteiger partial charge in [0.2, 0.25) is 11.9 Å². The SMILES string of the molecule is C[C@H](C(=O)N[C@H]1CC[C@@H](Nc2nc(N(C)C)c3ccccc3n2)CC1)c1cccc(C(=O)c2ccccc2)c1. The maximum atomic E-state index is 13.1. The van der Waals surface area contributed by atoms with E-state index in [0.29, 0.717) is 17.1 Å². The lowest BCUT2D eigenvalue weighted by molar-refractivity contribution is -0.123. The zero-order valence-corrected chi connectivity index (χ0v) is 22.7. The summed E-state index contributed by atoms with van der Waals surface area (Å²) in [5.41, 5.74) is 3.00. The van der Waals surface area contributed by atoms with Crippen molar-refractivity contribution in [2.75, 3.05) is 24.3 Å². The fourth-order valence-corrected chi connectivity index (χ4v) is 5.21. The van der Waals surface area contributed by atoms with Gasteiger partial charge in [-0.25, -0.2) is 4.98 Å². The molecule has 200 valence electrons. The van der Waals surface area contributed by atoms with Crippen molar-refractivity contribution in [2.45, 2.75) is 50.6 Å². The Balaban J connectivity index is 1.17. The van der Waals surface area contributed by atoms with Crippen LogP contribution in [0.15, 0.2) is 78.9 Å². The number of nitrogens with one attached hydrogen (secondary N) is 2. The first-order chi connectivity index (χ1) is 18.9. The second-order valence-corrected chi connectivity index (χ2v) is 10.5. The molecule has 0 aliphatic heterocycles. The van der Waals surface area contributed by atoms with Gasteiger partial charge in [-0.1, -0.05) is 60.7 Å². The van der Waals surface area contributed by atoms with Crippen LogP contribution in [-0.2, 0) is 4.79 Å². The zero-order valence-electron chi connectivity index (χ0n) is 22.7. The van der Waals surface area contributed by atoms with Gasteiger partial charge in [-0.15, -0.1) is 0 Å². The smallest absolute Gasteiger partial charge is 0.227 e. The summed E-state index contributed by atoms with van der Waals surface area (Å²) in [6, 6.07) is 25.1. The summed E-state index contributed by atoms with van der Waals surface area (Å²) in [7, 11) is 3.98. The van der Waals surface area contributed by atoms with Crippen LogP contribution < -0.4 is 15.5 Å². The summed E-state index contributed by atoms with van der Waals surface area (Å²) in [4.78, 5) is 37.5. The van der Waals surface area contributed by atoms with Crippen molar-refractivity contribution in [3.8, 4) is 0 Å². The standard InChI is InChI=1S/C32H35N5O2/c1-21(23-12-9-13-24(20-23)29(38)22-10-5-4-6-11-22)31(39)33-25-16-18-26(19-17-25)34-32-35-28-15-8-7-14-27(28)30(36-32)37(2)3/h4-15,20-21,25-26H,16-19H2,1-3H3,(H,33,39)(H,34,35,36)/t21-,25-,26+/m0/s1. The molecule has 1 aromatic heterocycles. The van der Waals surface area contributed by atoms with E-state index in [1.165, 1.54) is 0 Å². The molecule has 7 nitrogen and oxygen atoms in total. The number of rotatable bonds is 8. The first-order valence-electron chi connectivity index (χ1n) is 13.6. The van der Waals surface area contributed by atoms with Gasteiger partial charge in [-0.3, -0.25) is 9.59 Å². The Labute approximate surface area is 229 Å². The minimum atomic E-state index is -0.347. The average molecular weight is 522 g/mol. The summed E-state index contributed by atoms with van der Waals surface area (Å²) in [5.74, 6) is 1.14. The molecule has 1 aliphatic carbocycles. The summed E-state index contributed by atoms with van der Waals surface area (Å²) in [6.45, 7) is 1.90. The number of aromatic nitrogens is 2. The van der Waals surface area contributed by atoms with Crippen LogP contribution in [0.4, 0.5) is 11.8 Å². The van der Waals surface area contributed by atoms with Crippen LogP contribution in [-0.4, -0.2) is 47.8 Å². The molecule has 39 heavy (non-hydrogen) atoms. The van der Waals surface area contributed by atoms with Crippen LogP contribution in [0.2, 0.25) is 0 Å². The van der Waals surface area contributed by atoms with E-state index in [1.807, 2.05) is 98.7 Å². The number of carbonyl (C=O) groups excluding carboxylic acids is 2. The molecule has 1 amide bonds. The van der Waals surface area contributed by atoms with Gasteiger partial charge < -0.3 is 15.5 Å². The monoisotopic (exact) mass is 521 g/mol. The normalized spacial score (nSPS) is 17.8. The molecule has 1 atom stereocenters. The molecule has 0 bridgehead atoms. The molecule has 0 spiro atoms. The van der Waals surface area contributed by atoms with Crippen LogP contribution in [0.5, 0.6) is 0 Å². The van der Waals surface area contributed by atoms with Crippen molar-refractivity contribution in [2.24, 2.45) is 0 Å². The van der Waals surface area contributed by atoms with Gasteiger partial charge in [-0.2, -0.15) is 4.98 Å². The number of hydrogen-bond donors (Lipinski definition) is 2. The highest BCUT2D eigenvalue weighted by atomic mass is 16.2. The van der Waals surface area contributed by atoms with Crippen molar-refractivity contribution in [3.05, 3.63) is 95.6 Å². The number of hydrogen-bond acceptors (Lipinski definition) is 6. The quantitative estimate of drug-likeness (QED) is 0.295. The van der Waals surface area contributed by atoms with Crippen LogP contribution in [0.3, 0.4) is 0 Å². The molecule has 1 aliphatic rings. The molecule has 0 saturated heterocycles. The fourth-order valence-electron chi connectivity index (χ4n) is 5.21. The molecule has 4 aromatic rings. The summed E-state index contributed by atoms with van der Waals surface area (Å²) < 4.78 is 0. The highest BCUT2D eigenvalue weighted by Gasteiger charge is 2.26. The Morgan fingerprint density at radius 2 is 1.49 bits per heavy atom. The Morgan fingerprint density at radius 3 is 2.23 bits per heavy atom. The predicted octanol–water partition coefficient (Wildman–Crippen LogP) is 5.57. The van der Waals surface area contributed by atoms with Crippen LogP contribution in [0.1, 0.15) is 60.0 Å². The number of amides is 1. The zero-order chi connectivity index (χ0) is 27.4. The molecule has 3 aromatic carbocycles. The summed E-state index contributed by atoms with van der Waals surface area (Å²) in [6.07, 6.45) is 3.62. The second kappa shape index (κ2) is 11.6. The lowest BCUT2D eigenvalue weighted by atomic mass is 9.90. The number of fused-ring (bicyclic) bond motifs is 1. The topological polar surface area (TPSA) is 87.2 Å². The van der Waals surface area contributed by atoms with Gasteiger partial charge >= 0.3 is 0 Å². The van der Waals surface area contributed by atoms with Gasteiger partial charge in [0.1, 0.15) is 5.82 Å². The Morgan fingerprint density at radius 1 is 0.821 bits per heavy atom. The van der Waals surface area contributed by atoms with E-state index >= 15 is 0 Å². The van der Waals surface area contributed by atoms with E-state index in [1.54, 1.807) is 6.07 Å². The minimum absolute atomic E-state index is 0.00999. The summed E-state index contributed by atoms with van der Waals surface area (Å²) >= 11 is 0. The maximum absolute atomic E-state index is 13.1. The molecule has 2 N–H and O–H groups in total. The second-order valence-electron chi connectivity index (χ2n) is 10.5. The van der Waals surface area contributed by atoms with Gasteiger partial charge in [0.15, 0.2) is 5.78 Å². The minimum Gasteiger partial charge on any atom is -0.362 e. The van der Waals surface area contributed by atoms with Crippen molar-refractivity contribution in [3.63, 3.8) is 0 Å². The lowest BCUT2D eigenvalue weighted by Crippen LogP contribution is -2.41. The van der Waals surface area contributed by atoms with E-state index in [4.69, 9.17) is 9.97 Å². The van der Waals surface area contributed by atoms with E-state index < -0.39 is 0 Å². The highest BCUT2D eigenvalue weighted by Crippen LogP contribution is 2.27. The van der Waals surface area contributed by atoms with E-state index in [9.17, 15) is 9.59 Å². The highest BCUT2D eigenvalue weighted by molar-refractivity contribution is 6.09. The van der Waals surface area contributed by atoms with E-state index in [-0.39, 0.29) is 29.7 Å². The van der Waals surface area contributed by atoms with Crippen LogP contribution in [0.25, 0.3) is 10.9 Å². The number of nitrogens with zero attached hydrogens (tertiary/aromatic N) is 3. The molecule has 0 radical (unpaired) electrons. The lowest BCUT2D eigenvalue weighted by Gasteiger charge is -2.30. The van der Waals surface area contributed by atoms with Crippen molar-refractivity contribution in [1.82, 2.24) is 15.3 Å². The largest absolute Gasteiger partial charge is 0.362 e. The molecule has 7 heteroatoms.